The fourth-order valence-electron chi connectivity index (χ4n) is 3.36. The lowest BCUT2D eigenvalue weighted by atomic mass is 9.94. The third-order valence-electron chi connectivity index (χ3n) is 4.86. The van der Waals surface area contributed by atoms with Gasteiger partial charge in [0.1, 0.15) is 17.7 Å². The lowest BCUT2D eigenvalue weighted by Crippen LogP contribution is -2.58. The van der Waals surface area contributed by atoms with E-state index >= 15 is 0 Å². The van der Waals surface area contributed by atoms with E-state index in [4.69, 9.17) is 4.74 Å². The van der Waals surface area contributed by atoms with E-state index in [2.05, 4.69) is 17.2 Å². The van der Waals surface area contributed by atoms with Crippen molar-refractivity contribution in [3.05, 3.63) is 42.0 Å². The largest absolute Gasteiger partial charge is 0.444 e. The van der Waals surface area contributed by atoms with Crippen LogP contribution < -0.4 is 10.6 Å². The van der Waals surface area contributed by atoms with Crippen LogP contribution in [0.15, 0.2) is 30.8 Å². The SMILES string of the molecule is C=Cc1cccc(C(C(=O)NCCCC)N(C(=O)C(C)NC(=O)OC(C)(C)C)C(C)(C)C)c1. The monoisotopic (exact) mass is 459 g/mol. The number of carbonyl (C=O) groups excluding carboxylic acids is 3. The van der Waals surface area contributed by atoms with Crippen molar-refractivity contribution in [1.82, 2.24) is 15.5 Å². The number of benzene rings is 1. The normalized spacial score (nSPS) is 13.5. The Hall–Kier alpha value is -2.83. The zero-order chi connectivity index (χ0) is 25.4. The molecule has 0 fully saturated rings. The summed E-state index contributed by atoms with van der Waals surface area (Å²) in [5.74, 6) is -0.648. The van der Waals surface area contributed by atoms with Gasteiger partial charge in [0, 0.05) is 12.1 Å². The number of ether oxygens (including phenoxy) is 1. The highest BCUT2D eigenvalue weighted by molar-refractivity contribution is 5.92. The quantitative estimate of drug-likeness (QED) is 0.518. The Morgan fingerprint density at radius 1 is 1.15 bits per heavy atom. The van der Waals surface area contributed by atoms with Crippen molar-refractivity contribution in [1.29, 1.82) is 0 Å². The summed E-state index contributed by atoms with van der Waals surface area (Å²) < 4.78 is 5.30. The van der Waals surface area contributed by atoms with Gasteiger partial charge in [-0.15, -0.1) is 0 Å². The Bertz CT molecular complexity index is 837. The molecule has 1 rings (SSSR count). The van der Waals surface area contributed by atoms with Gasteiger partial charge >= 0.3 is 6.09 Å². The molecule has 0 aliphatic carbocycles. The van der Waals surface area contributed by atoms with Gasteiger partial charge in [0.2, 0.25) is 11.8 Å². The molecule has 184 valence electrons. The van der Waals surface area contributed by atoms with E-state index in [1.165, 1.54) is 0 Å². The zero-order valence-electron chi connectivity index (χ0n) is 21.5. The molecule has 0 spiro atoms. The molecular weight excluding hydrogens is 418 g/mol. The van der Waals surface area contributed by atoms with E-state index in [1.807, 2.05) is 52.0 Å². The second kappa shape index (κ2) is 11.9. The summed E-state index contributed by atoms with van der Waals surface area (Å²) in [5.41, 5.74) is 0.121. The maximum absolute atomic E-state index is 13.7. The van der Waals surface area contributed by atoms with Crippen LogP contribution in [-0.4, -0.2) is 46.5 Å². The lowest BCUT2D eigenvalue weighted by molar-refractivity contribution is -0.148. The Balaban J connectivity index is 3.38. The van der Waals surface area contributed by atoms with Gasteiger partial charge < -0.3 is 20.3 Å². The highest BCUT2D eigenvalue weighted by Crippen LogP contribution is 2.30. The first-order valence-corrected chi connectivity index (χ1v) is 11.5. The number of amides is 3. The molecule has 2 N–H and O–H groups in total. The maximum atomic E-state index is 13.7. The molecule has 0 saturated carbocycles. The van der Waals surface area contributed by atoms with Crippen molar-refractivity contribution in [2.45, 2.75) is 91.5 Å². The van der Waals surface area contributed by atoms with Crippen molar-refractivity contribution in [3.8, 4) is 0 Å². The average Bonchev–Trinajstić information content (AvgIpc) is 2.69. The highest BCUT2D eigenvalue weighted by Gasteiger charge is 2.40. The van der Waals surface area contributed by atoms with E-state index in [1.54, 1.807) is 38.7 Å². The first kappa shape index (κ1) is 28.2. The molecule has 1 aromatic carbocycles. The Morgan fingerprint density at radius 2 is 1.79 bits per heavy atom. The molecule has 3 amide bonds. The van der Waals surface area contributed by atoms with Crippen LogP contribution in [-0.2, 0) is 14.3 Å². The molecule has 0 aromatic heterocycles. The molecule has 33 heavy (non-hydrogen) atoms. The molecule has 0 aliphatic rings. The molecule has 0 saturated heterocycles. The summed E-state index contributed by atoms with van der Waals surface area (Å²) in [4.78, 5) is 40.9. The molecule has 0 bridgehead atoms. The minimum atomic E-state index is -0.896. The maximum Gasteiger partial charge on any atom is 0.408 e. The van der Waals surface area contributed by atoms with Gasteiger partial charge in [0.25, 0.3) is 0 Å². The van der Waals surface area contributed by atoms with Crippen molar-refractivity contribution in [2.24, 2.45) is 0 Å². The summed E-state index contributed by atoms with van der Waals surface area (Å²) in [5, 5.41) is 5.58. The fraction of sp³-hybridized carbons (Fsp3) is 0.577. The van der Waals surface area contributed by atoms with Crippen LogP contribution >= 0.6 is 0 Å². The molecule has 7 nitrogen and oxygen atoms in total. The number of hydrogen-bond acceptors (Lipinski definition) is 4. The zero-order valence-corrected chi connectivity index (χ0v) is 21.5. The van der Waals surface area contributed by atoms with Gasteiger partial charge in [-0.3, -0.25) is 9.59 Å². The standard InChI is InChI=1S/C26H41N3O4/c1-10-12-16-27-22(30)21(20-15-13-14-19(11-2)17-20)29(25(4,5)6)23(31)18(3)28-24(32)33-26(7,8)9/h11,13-15,17-18,21H,2,10,12,16H2,1,3-9H3,(H,27,30)(H,28,32). The average molecular weight is 460 g/mol. The second-order valence-corrected chi connectivity index (χ2v) is 10.2. The van der Waals surface area contributed by atoms with Crippen molar-refractivity contribution < 1.29 is 19.1 Å². The summed E-state index contributed by atoms with van der Waals surface area (Å²) in [6, 6.07) is 5.64. The molecule has 0 aliphatic heterocycles. The number of carbonyl (C=O) groups is 3. The van der Waals surface area contributed by atoms with Gasteiger partial charge in [-0.2, -0.15) is 0 Å². The van der Waals surface area contributed by atoms with Gasteiger partial charge in [0.15, 0.2) is 0 Å². The lowest BCUT2D eigenvalue weighted by Gasteiger charge is -2.42. The smallest absolute Gasteiger partial charge is 0.408 e. The van der Waals surface area contributed by atoms with Crippen LogP contribution in [0.1, 0.15) is 85.4 Å². The van der Waals surface area contributed by atoms with Gasteiger partial charge in [-0.1, -0.05) is 44.2 Å². The van der Waals surface area contributed by atoms with E-state index in [0.29, 0.717) is 12.1 Å². The minimum absolute atomic E-state index is 0.266. The summed E-state index contributed by atoms with van der Waals surface area (Å²) in [6.45, 7) is 18.8. The van der Waals surface area contributed by atoms with Gasteiger partial charge in [0.05, 0.1) is 0 Å². The Labute approximate surface area is 198 Å². The highest BCUT2D eigenvalue weighted by atomic mass is 16.6. The third-order valence-corrected chi connectivity index (χ3v) is 4.86. The molecule has 2 atom stereocenters. The molecule has 0 heterocycles. The minimum Gasteiger partial charge on any atom is -0.444 e. The number of unbranched alkanes of at least 4 members (excludes halogenated alkanes) is 1. The number of hydrogen-bond donors (Lipinski definition) is 2. The molecular formula is C26H41N3O4. The van der Waals surface area contributed by atoms with Crippen LogP contribution in [0.4, 0.5) is 4.79 Å². The van der Waals surface area contributed by atoms with E-state index in [9.17, 15) is 14.4 Å². The van der Waals surface area contributed by atoms with E-state index in [0.717, 1.165) is 18.4 Å². The van der Waals surface area contributed by atoms with Gasteiger partial charge in [-0.05, 0) is 72.1 Å². The second-order valence-electron chi connectivity index (χ2n) is 10.2. The number of alkyl carbamates (subject to hydrolysis) is 1. The van der Waals surface area contributed by atoms with Crippen molar-refractivity contribution >= 4 is 24.0 Å². The Kier molecular flexibility index (Phi) is 10.1. The first-order chi connectivity index (χ1) is 15.2. The topological polar surface area (TPSA) is 87.7 Å². The summed E-state index contributed by atoms with van der Waals surface area (Å²) >= 11 is 0. The van der Waals surface area contributed by atoms with Crippen molar-refractivity contribution in [3.63, 3.8) is 0 Å². The number of rotatable bonds is 9. The van der Waals surface area contributed by atoms with E-state index in [-0.39, 0.29) is 11.8 Å². The van der Waals surface area contributed by atoms with Crippen LogP contribution in [0.5, 0.6) is 0 Å². The van der Waals surface area contributed by atoms with Crippen LogP contribution in [0.25, 0.3) is 6.08 Å². The predicted molar refractivity (Wildman–Crippen MR) is 133 cm³/mol. The summed E-state index contributed by atoms with van der Waals surface area (Å²) in [6.07, 6.45) is 2.79. The summed E-state index contributed by atoms with van der Waals surface area (Å²) in [7, 11) is 0. The van der Waals surface area contributed by atoms with Crippen molar-refractivity contribution in [2.75, 3.05) is 6.54 Å². The molecule has 7 heteroatoms. The van der Waals surface area contributed by atoms with Crippen LogP contribution in [0.3, 0.4) is 0 Å². The predicted octanol–water partition coefficient (Wildman–Crippen LogP) is 4.83. The number of nitrogens with zero attached hydrogens (tertiary/aromatic N) is 1. The molecule has 1 aromatic rings. The molecule has 2 unspecified atom stereocenters. The number of nitrogens with one attached hydrogen (secondary N) is 2. The van der Waals surface area contributed by atoms with Crippen LogP contribution in [0, 0.1) is 0 Å². The van der Waals surface area contributed by atoms with Crippen LogP contribution in [0.2, 0.25) is 0 Å². The fourth-order valence-corrected chi connectivity index (χ4v) is 3.36. The van der Waals surface area contributed by atoms with E-state index < -0.39 is 29.3 Å². The van der Waals surface area contributed by atoms with Gasteiger partial charge in [-0.25, -0.2) is 4.79 Å². The Morgan fingerprint density at radius 3 is 2.30 bits per heavy atom. The third kappa shape index (κ3) is 8.91. The molecule has 0 radical (unpaired) electrons. The first-order valence-electron chi connectivity index (χ1n) is 11.5.